The lowest BCUT2D eigenvalue weighted by molar-refractivity contribution is -0.154. The summed E-state index contributed by atoms with van der Waals surface area (Å²) in [5, 5.41) is 4.04. The molecule has 1 fully saturated rings. The van der Waals surface area contributed by atoms with E-state index in [0.717, 1.165) is 39.2 Å². The van der Waals surface area contributed by atoms with E-state index >= 15 is 0 Å². The van der Waals surface area contributed by atoms with E-state index in [9.17, 15) is 4.79 Å². The third-order valence-corrected chi connectivity index (χ3v) is 21.8. The maximum atomic E-state index is 13.8. The minimum Gasteiger partial charge on any atom is -0.453 e. The Morgan fingerprint density at radius 3 is 1.23 bits per heavy atom. The van der Waals surface area contributed by atoms with Gasteiger partial charge in [-0.15, -0.1) is 0 Å². The van der Waals surface area contributed by atoms with E-state index in [1.54, 1.807) is 0 Å². The predicted octanol–water partition coefficient (Wildman–Crippen LogP) is 11.4. The minimum atomic E-state index is -3.16. The van der Waals surface area contributed by atoms with Crippen LogP contribution in [-0.2, 0) is 18.4 Å². The van der Waals surface area contributed by atoms with Crippen molar-refractivity contribution < 1.29 is 18.4 Å². The Morgan fingerprint density at radius 1 is 0.561 bits per heavy atom. The second-order valence-corrected chi connectivity index (χ2v) is 26.6. The number of unbranched alkanes of at least 4 members (excludes halogenated alkanes) is 11. The highest BCUT2D eigenvalue weighted by molar-refractivity contribution is 7.00. The highest BCUT2D eigenvalue weighted by Gasteiger charge is 2.58. The van der Waals surface area contributed by atoms with E-state index in [4.69, 9.17) is 13.6 Å². The first kappa shape index (κ1) is 44.5. The minimum absolute atomic E-state index is 0.245. The van der Waals surface area contributed by atoms with Crippen LogP contribution in [0.25, 0.3) is 0 Å². The molecule has 0 saturated carbocycles. The Balaban J connectivity index is 1.50. The molecule has 4 aromatic rings. The summed E-state index contributed by atoms with van der Waals surface area (Å²) in [6, 6.07) is 42.8. The zero-order valence-corrected chi connectivity index (χ0v) is 38.1. The zero-order chi connectivity index (χ0) is 40.8. The average molecular weight is 803 g/mol. The lowest BCUT2D eigenvalue weighted by atomic mass is 10.0. The Kier molecular flexibility index (Phi) is 16.4. The molecule has 1 atom stereocenters. The summed E-state index contributed by atoms with van der Waals surface area (Å²) in [5.74, 6) is -0.245. The summed E-state index contributed by atoms with van der Waals surface area (Å²) in [4.78, 5) is 13.8. The number of carbonyl (C=O) groups excluding carboxylic acids is 1. The summed E-state index contributed by atoms with van der Waals surface area (Å²) >= 11 is 0. The van der Waals surface area contributed by atoms with Crippen LogP contribution in [-0.4, -0.2) is 35.0 Å². The number of rotatable bonds is 21. The lowest BCUT2D eigenvalue weighted by Crippen LogP contribution is -2.72. The Morgan fingerprint density at radius 2 is 0.895 bits per heavy atom. The van der Waals surface area contributed by atoms with Gasteiger partial charge in [0.1, 0.15) is 0 Å². The van der Waals surface area contributed by atoms with E-state index < -0.39 is 29.0 Å². The van der Waals surface area contributed by atoms with Crippen molar-refractivity contribution in [3.8, 4) is 0 Å². The third kappa shape index (κ3) is 10.9. The van der Waals surface area contributed by atoms with Gasteiger partial charge in [0.05, 0.1) is 0 Å². The fourth-order valence-corrected chi connectivity index (χ4v) is 18.1. The van der Waals surface area contributed by atoms with E-state index in [1.165, 1.54) is 64.2 Å². The van der Waals surface area contributed by atoms with Crippen LogP contribution in [0.15, 0.2) is 133 Å². The molecular weight excluding hydrogens is 733 g/mol. The first-order valence-electron chi connectivity index (χ1n) is 21.9. The molecule has 0 N–H and O–H groups in total. The van der Waals surface area contributed by atoms with E-state index in [2.05, 4.69) is 176 Å². The number of allylic oxidation sites excluding steroid dienone is 1. The van der Waals surface area contributed by atoms with Crippen LogP contribution in [0.3, 0.4) is 0 Å². The van der Waals surface area contributed by atoms with Gasteiger partial charge < -0.3 is 13.6 Å². The number of hydrogen-bond donors (Lipinski definition) is 0. The highest BCUT2D eigenvalue weighted by Crippen LogP contribution is 2.43. The molecule has 0 aliphatic carbocycles. The van der Waals surface area contributed by atoms with Gasteiger partial charge in [-0.1, -0.05) is 240 Å². The van der Waals surface area contributed by atoms with Gasteiger partial charge in [0, 0.05) is 12.0 Å². The van der Waals surface area contributed by atoms with Crippen LogP contribution in [0, 0.1) is 0 Å². The predicted molar refractivity (Wildman–Crippen MR) is 245 cm³/mol. The topological polar surface area (TPSA) is 44.8 Å². The molecule has 4 nitrogen and oxygen atoms in total. The SMILES string of the molecule is CCCCCCCCCCCCC/C=C1\CC(C(O[Si](c2ccccc2)(c2ccccc2)C(C)(C)C)O[Si](c2ccccc2)(c2ccccc2)C(C)(C)C)OC1=O. The molecule has 0 aromatic heterocycles. The zero-order valence-electron chi connectivity index (χ0n) is 36.1. The van der Waals surface area contributed by atoms with Gasteiger partial charge >= 0.3 is 5.97 Å². The van der Waals surface area contributed by atoms with Gasteiger partial charge in [0.25, 0.3) is 16.6 Å². The van der Waals surface area contributed by atoms with E-state index in [0.29, 0.717) is 6.42 Å². The van der Waals surface area contributed by atoms with Crippen molar-refractivity contribution in [1.82, 2.24) is 0 Å². The molecule has 1 heterocycles. The molecule has 0 spiro atoms. The number of cyclic esters (lactones) is 1. The molecule has 0 amide bonds. The molecule has 5 rings (SSSR count). The van der Waals surface area contributed by atoms with Crippen LogP contribution >= 0.6 is 0 Å². The van der Waals surface area contributed by atoms with Crippen molar-refractivity contribution >= 4 is 43.4 Å². The van der Waals surface area contributed by atoms with E-state index in [-0.39, 0.29) is 16.0 Å². The summed E-state index contributed by atoms with van der Waals surface area (Å²) < 4.78 is 22.3. The first-order valence-corrected chi connectivity index (χ1v) is 25.7. The van der Waals surface area contributed by atoms with Crippen molar-refractivity contribution in [3.05, 3.63) is 133 Å². The molecule has 1 unspecified atom stereocenters. The molecule has 0 radical (unpaired) electrons. The number of hydrogen-bond acceptors (Lipinski definition) is 4. The number of ether oxygens (including phenoxy) is 1. The highest BCUT2D eigenvalue weighted by atomic mass is 28.4. The largest absolute Gasteiger partial charge is 0.453 e. The van der Waals surface area contributed by atoms with Gasteiger partial charge in [-0.05, 0) is 43.7 Å². The lowest BCUT2D eigenvalue weighted by Gasteiger charge is -2.50. The molecule has 1 saturated heterocycles. The Hall–Kier alpha value is -3.56. The van der Waals surface area contributed by atoms with Gasteiger partial charge in [-0.3, -0.25) is 0 Å². The molecular formula is C51H70O4Si2. The van der Waals surface area contributed by atoms with Crippen LogP contribution in [0.5, 0.6) is 0 Å². The van der Waals surface area contributed by atoms with Gasteiger partial charge in [-0.2, -0.15) is 0 Å². The first-order chi connectivity index (χ1) is 27.4. The summed E-state index contributed by atoms with van der Waals surface area (Å²) in [6.45, 7) is 16.0. The summed E-state index contributed by atoms with van der Waals surface area (Å²) in [5.41, 5.74) is 0.745. The quantitative estimate of drug-likeness (QED) is 0.0277. The van der Waals surface area contributed by atoms with E-state index in [1.807, 2.05) is 0 Å². The fraction of sp³-hybridized carbons (Fsp3) is 0.471. The van der Waals surface area contributed by atoms with Gasteiger partial charge in [0.15, 0.2) is 12.4 Å². The van der Waals surface area contributed by atoms with Crippen LogP contribution in [0.2, 0.25) is 10.1 Å². The average Bonchev–Trinajstić information content (AvgIpc) is 3.58. The van der Waals surface area contributed by atoms with Crippen molar-refractivity contribution in [2.75, 3.05) is 0 Å². The summed E-state index contributed by atoms with van der Waals surface area (Å²) in [7, 11) is -6.31. The molecule has 4 aromatic carbocycles. The molecule has 1 aliphatic heterocycles. The standard InChI is InChI=1S/C51H70O4Si2/c1-8-9-10-11-12-13-14-15-16-17-18-23-32-42-41-47(53-48(42)52)49(54-56(50(2,3)4,43-33-24-19-25-34-43)44-35-26-20-27-36-44)55-57(51(5,6)7,45-37-28-21-29-38-45)46-39-30-22-31-40-46/h19-22,24-40,47,49H,8-18,23,41H2,1-7H3/b42-32+. The third-order valence-electron chi connectivity index (χ3n) is 11.9. The Bertz CT molecular complexity index is 1610. The number of benzene rings is 4. The monoisotopic (exact) mass is 802 g/mol. The molecule has 306 valence electrons. The van der Waals surface area contributed by atoms with Crippen LogP contribution < -0.4 is 20.7 Å². The summed E-state index contributed by atoms with van der Waals surface area (Å²) in [6.07, 6.45) is 16.4. The second-order valence-electron chi connectivity index (χ2n) is 18.1. The van der Waals surface area contributed by atoms with Crippen molar-refractivity contribution in [1.29, 1.82) is 0 Å². The molecule has 57 heavy (non-hydrogen) atoms. The maximum absolute atomic E-state index is 13.8. The Labute approximate surface area is 347 Å². The molecule has 0 bridgehead atoms. The fourth-order valence-electron chi connectivity index (χ4n) is 8.87. The van der Waals surface area contributed by atoms with Crippen molar-refractivity contribution in [3.63, 3.8) is 0 Å². The van der Waals surface area contributed by atoms with Gasteiger partial charge in [0.2, 0.25) is 0 Å². The molecule has 6 heteroatoms. The number of esters is 1. The maximum Gasteiger partial charge on any atom is 0.334 e. The van der Waals surface area contributed by atoms with Crippen molar-refractivity contribution in [2.45, 2.75) is 154 Å². The normalized spacial score (nSPS) is 16.0. The number of carbonyl (C=O) groups is 1. The van der Waals surface area contributed by atoms with Crippen molar-refractivity contribution in [2.24, 2.45) is 0 Å². The van der Waals surface area contributed by atoms with Crippen LogP contribution in [0.1, 0.15) is 132 Å². The molecule has 1 aliphatic rings. The second kappa shape index (κ2) is 20.9. The smallest absolute Gasteiger partial charge is 0.334 e. The van der Waals surface area contributed by atoms with Crippen LogP contribution in [0.4, 0.5) is 0 Å². The van der Waals surface area contributed by atoms with Gasteiger partial charge in [-0.25, -0.2) is 4.79 Å².